The lowest BCUT2D eigenvalue weighted by Gasteiger charge is -2.29. The number of methoxy groups -OCH3 is 1. The molecule has 0 saturated heterocycles. The lowest BCUT2D eigenvalue weighted by atomic mass is 9.79. The number of ketones is 1. The second-order valence-corrected chi connectivity index (χ2v) is 11.1. The van der Waals surface area contributed by atoms with E-state index in [9.17, 15) is 9.59 Å². The van der Waals surface area contributed by atoms with Crippen LogP contribution >= 0.6 is 22.6 Å². The Kier molecular flexibility index (Phi) is 7.30. The summed E-state index contributed by atoms with van der Waals surface area (Å²) in [5.41, 5.74) is 5.54. The number of dihydropyridines is 1. The molecule has 0 unspecified atom stereocenters. The Labute approximate surface area is 252 Å². The van der Waals surface area contributed by atoms with Crippen molar-refractivity contribution < 1.29 is 23.8 Å². The molecule has 0 aromatic heterocycles. The van der Waals surface area contributed by atoms with Crippen LogP contribution in [0, 0.1) is 3.57 Å². The largest absolute Gasteiger partial charge is 0.490 e. The third-order valence-corrected chi connectivity index (χ3v) is 8.32. The summed E-state index contributed by atoms with van der Waals surface area (Å²) in [6.45, 7) is 4.54. The first-order valence-corrected chi connectivity index (χ1v) is 14.5. The van der Waals surface area contributed by atoms with Crippen molar-refractivity contribution in [1.29, 1.82) is 0 Å². The molecule has 6 rings (SSSR count). The Hall–Kier alpha value is -4.11. The van der Waals surface area contributed by atoms with E-state index < -0.39 is 11.9 Å². The zero-order chi connectivity index (χ0) is 28.7. The Bertz CT molecular complexity index is 1790. The standard InChI is InChI=1S/C34H28INO5/c1-4-40-27-17-23(16-26(35)33(27)41-18-20-13-14-21-9-5-6-10-22(21)15-20)29-28(34(38)39-3)19(2)36-31-24-11-7-8-12-25(24)32(37)30(29)31/h5-17,29,36H,4,18H2,1-3H3/t29-/m0/s1. The Morgan fingerprint density at radius 1 is 0.927 bits per heavy atom. The van der Waals surface area contributed by atoms with Gasteiger partial charge in [-0.2, -0.15) is 0 Å². The zero-order valence-corrected chi connectivity index (χ0v) is 25.1. The van der Waals surface area contributed by atoms with Gasteiger partial charge in [0.05, 0.1) is 28.6 Å². The summed E-state index contributed by atoms with van der Waals surface area (Å²) in [4.78, 5) is 26.9. The molecule has 4 aromatic carbocycles. The van der Waals surface area contributed by atoms with Gasteiger partial charge in [-0.25, -0.2) is 4.79 Å². The molecule has 1 N–H and O–H groups in total. The van der Waals surface area contributed by atoms with Crippen LogP contribution in [0.1, 0.15) is 46.8 Å². The van der Waals surface area contributed by atoms with Gasteiger partial charge in [-0.3, -0.25) is 4.79 Å². The molecule has 0 fully saturated rings. The molecule has 0 saturated carbocycles. The van der Waals surface area contributed by atoms with Gasteiger partial charge in [-0.1, -0.05) is 60.7 Å². The van der Waals surface area contributed by atoms with E-state index >= 15 is 0 Å². The highest BCUT2D eigenvalue weighted by molar-refractivity contribution is 14.1. The van der Waals surface area contributed by atoms with E-state index in [4.69, 9.17) is 14.2 Å². The van der Waals surface area contributed by atoms with Crippen molar-refractivity contribution in [2.45, 2.75) is 26.4 Å². The van der Waals surface area contributed by atoms with Crippen LogP contribution in [-0.4, -0.2) is 25.5 Å². The minimum Gasteiger partial charge on any atom is -0.490 e. The van der Waals surface area contributed by atoms with E-state index in [2.05, 4.69) is 58.2 Å². The number of fused-ring (bicyclic) bond motifs is 3. The fourth-order valence-corrected chi connectivity index (χ4v) is 6.47. The molecule has 4 aromatic rings. The van der Waals surface area contributed by atoms with E-state index in [1.165, 1.54) is 12.5 Å². The second-order valence-electron chi connectivity index (χ2n) is 9.98. The lowest BCUT2D eigenvalue weighted by Crippen LogP contribution is -2.29. The molecule has 1 atom stereocenters. The van der Waals surface area contributed by atoms with Crippen molar-refractivity contribution in [2.75, 3.05) is 13.7 Å². The minimum absolute atomic E-state index is 0.105. The van der Waals surface area contributed by atoms with Gasteiger partial charge in [-0.05, 0) is 76.5 Å². The average Bonchev–Trinajstić information content (AvgIpc) is 3.26. The minimum atomic E-state index is -0.638. The Morgan fingerprint density at radius 3 is 2.41 bits per heavy atom. The number of ether oxygens (including phenoxy) is 3. The lowest BCUT2D eigenvalue weighted by molar-refractivity contribution is -0.136. The maximum atomic E-state index is 13.8. The average molecular weight is 658 g/mol. The first-order valence-electron chi connectivity index (χ1n) is 13.4. The van der Waals surface area contributed by atoms with Gasteiger partial charge < -0.3 is 19.5 Å². The predicted molar refractivity (Wildman–Crippen MR) is 167 cm³/mol. The highest BCUT2D eigenvalue weighted by Crippen LogP contribution is 2.48. The predicted octanol–water partition coefficient (Wildman–Crippen LogP) is 7.16. The first-order chi connectivity index (χ1) is 19.9. The molecule has 1 heterocycles. The summed E-state index contributed by atoms with van der Waals surface area (Å²) in [5.74, 6) is -0.0538. The molecule has 0 amide bonds. The Morgan fingerprint density at radius 2 is 1.66 bits per heavy atom. The van der Waals surface area contributed by atoms with E-state index in [1.807, 2.05) is 62.4 Å². The van der Waals surface area contributed by atoms with Gasteiger partial charge in [0.1, 0.15) is 6.61 Å². The molecule has 1 aliphatic carbocycles. The van der Waals surface area contributed by atoms with Crippen molar-refractivity contribution >= 4 is 50.8 Å². The van der Waals surface area contributed by atoms with Crippen molar-refractivity contribution in [1.82, 2.24) is 5.32 Å². The Balaban J connectivity index is 1.42. The number of esters is 1. The van der Waals surface area contributed by atoms with Crippen LogP contribution in [-0.2, 0) is 16.1 Å². The zero-order valence-electron chi connectivity index (χ0n) is 22.9. The number of halogens is 1. The van der Waals surface area contributed by atoms with Gasteiger partial charge in [0.25, 0.3) is 0 Å². The number of hydrogen-bond acceptors (Lipinski definition) is 6. The number of nitrogens with one attached hydrogen (secondary N) is 1. The van der Waals surface area contributed by atoms with Gasteiger partial charge in [0.2, 0.25) is 0 Å². The van der Waals surface area contributed by atoms with E-state index in [0.29, 0.717) is 47.1 Å². The molecule has 2 aliphatic rings. The van der Waals surface area contributed by atoms with Gasteiger partial charge in [-0.15, -0.1) is 0 Å². The number of benzene rings is 4. The molecule has 41 heavy (non-hydrogen) atoms. The second kappa shape index (κ2) is 11.0. The molecule has 206 valence electrons. The molecule has 0 bridgehead atoms. The summed E-state index contributed by atoms with van der Waals surface area (Å²) in [5, 5.41) is 5.65. The summed E-state index contributed by atoms with van der Waals surface area (Å²) < 4.78 is 18.4. The van der Waals surface area contributed by atoms with Crippen molar-refractivity contribution in [3.8, 4) is 11.5 Å². The smallest absolute Gasteiger partial charge is 0.336 e. The maximum Gasteiger partial charge on any atom is 0.336 e. The van der Waals surface area contributed by atoms with Crippen LogP contribution in [0.2, 0.25) is 0 Å². The van der Waals surface area contributed by atoms with Gasteiger partial charge in [0.15, 0.2) is 17.3 Å². The number of rotatable bonds is 7. The quantitative estimate of drug-likeness (QED) is 0.168. The highest BCUT2D eigenvalue weighted by atomic mass is 127. The van der Waals surface area contributed by atoms with Crippen LogP contribution in [0.15, 0.2) is 95.7 Å². The topological polar surface area (TPSA) is 73.9 Å². The van der Waals surface area contributed by atoms with E-state index in [-0.39, 0.29) is 5.78 Å². The van der Waals surface area contributed by atoms with Gasteiger partial charge >= 0.3 is 5.97 Å². The summed E-state index contributed by atoms with van der Waals surface area (Å²) in [7, 11) is 1.36. The summed E-state index contributed by atoms with van der Waals surface area (Å²) in [6.07, 6.45) is 0. The number of allylic oxidation sites excluding steroid dienone is 2. The molecule has 0 radical (unpaired) electrons. The first kappa shape index (κ1) is 27.1. The number of carbonyl (C=O) groups excluding carboxylic acids is 2. The number of Topliss-reactive ketones (excluding diaryl/α,β-unsaturated/α-hetero) is 1. The monoisotopic (exact) mass is 657 g/mol. The fraction of sp³-hybridized carbons (Fsp3) is 0.176. The highest BCUT2D eigenvalue weighted by Gasteiger charge is 2.43. The molecular formula is C34H28INO5. The maximum absolute atomic E-state index is 13.8. The number of hydrogen-bond donors (Lipinski definition) is 1. The van der Waals surface area contributed by atoms with Crippen LogP contribution < -0.4 is 14.8 Å². The van der Waals surface area contributed by atoms with Gasteiger partial charge in [0, 0.05) is 28.3 Å². The van der Waals surface area contributed by atoms with Crippen LogP contribution in [0.5, 0.6) is 11.5 Å². The summed E-state index contributed by atoms with van der Waals surface area (Å²) >= 11 is 2.23. The van der Waals surface area contributed by atoms with Crippen molar-refractivity contribution in [3.63, 3.8) is 0 Å². The SMILES string of the molecule is CCOc1cc([C@H]2C(C(=O)OC)=C(C)NC3=C2C(=O)c2ccccc23)cc(I)c1OCc1ccc2ccccc2c1. The van der Waals surface area contributed by atoms with Crippen LogP contribution in [0.25, 0.3) is 16.5 Å². The van der Waals surface area contributed by atoms with E-state index in [1.54, 1.807) is 0 Å². The third-order valence-electron chi connectivity index (χ3n) is 7.52. The number of carbonyl (C=O) groups is 2. The third kappa shape index (κ3) is 4.78. The fourth-order valence-electron chi connectivity index (χ4n) is 5.68. The molecule has 1 aliphatic heterocycles. The molecular weight excluding hydrogens is 629 g/mol. The van der Waals surface area contributed by atoms with Crippen molar-refractivity contribution in [3.05, 3.63) is 122 Å². The van der Waals surface area contributed by atoms with E-state index in [0.717, 1.165) is 31.3 Å². The van der Waals surface area contributed by atoms with Crippen molar-refractivity contribution in [2.24, 2.45) is 0 Å². The van der Waals surface area contributed by atoms with Crippen LogP contribution in [0.3, 0.4) is 0 Å². The summed E-state index contributed by atoms with van der Waals surface area (Å²) in [6, 6.07) is 25.9. The van der Waals surface area contributed by atoms with Crippen LogP contribution in [0.4, 0.5) is 0 Å². The molecule has 0 spiro atoms. The molecule has 6 nitrogen and oxygen atoms in total. The normalized spacial score (nSPS) is 15.9. The molecule has 7 heteroatoms.